The number of methoxy groups -OCH3 is 1. The number of urea groups is 1. The van der Waals surface area contributed by atoms with E-state index in [0.29, 0.717) is 54.7 Å². The molecule has 0 saturated heterocycles. The van der Waals surface area contributed by atoms with Gasteiger partial charge in [0.1, 0.15) is 11.5 Å². The molecule has 50 heavy (non-hydrogen) atoms. The average molecular weight is 691 g/mol. The van der Waals surface area contributed by atoms with Crippen LogP contribution < -0.4 is 29.6 Å². The van der Waals surface area contributed by atoms with Crippen molar-refractivity contribution >= 4 is 23.3 Å². The summed E-state index contributed by atoms with van der Waals surface area (Å²) in [5, 5.41) is 15.9. The van der Waals surface area contributed by atoms with E-state index >= 15 is 0 Å². The van der Waals surface area contributed by atoms with Crippen LogP contribution in [0.5, 0.6) is 23.0 Å². The molecule has 3 aromatic rings. The van der Waals surface area contributed by atoms with Gasteiger partial charge in [-0.15, -0.1) is 0 Å². The zero-order valence-electron chi connectivity index (χ0n) is 29.6. The lowest BCUT2D eigenvalue weighted by Gasteiger charge is -2.36. The van der Waals surface area contributed by atoms with Gasteiger partial charge in [0.25, 0.3) is 5.91 Å². The molecule has 3 amide bonds. The molecule has 2 aliphatic heterocycles. The van der Waals surface area contributed by atoms with E-state index < -0.39 is 12.1 Å². The molecule has 5 rings (SSSR count). The number of carbonyl (C=O) groups is 2. The SMILES string of the molecule is COc1ccc(NC(=O)Nc2ccc3c(c2)C(=O)N([C@H](C)CO)C[C@@H](C)[C@@H](CN(C)Cc2ccc4c(c2)OCO4)OCCCC[C@@H](C)O3)cc1. The first kappa shape index (κ1) is 36.8. The molecule has 0 aliphatic carbocycles. The largest absolute Gasteiger partial charge is 0.497 e. The summed E-state index contributed by atoms with van der Waals surface area (Å²) in [4.78, 5) is 31.2. The second-order valence-electron chi connectivity index (χ2n) is 13.2. The smallest absolute Gasteiger partial charge is 0.323 e. The number of anilines is 2. The fourth-order valence-corrected chi connectivity index (χ4v) is 6.15. The first-order chi connectivity index (χ1) is 24.1. The van der Waals surface area contributed by atoms with Gasteiger partial charge >= 0.3 is 6.03 Å². The van der Waals surface area contributed by atoms with Crippen LogP contribution in [-0.4, -0.2) is 92.3 Å². The number of benzene rings is 3. The summed E-state index contributed by atoms with van der Waals surface area (Å²) < 4.78 is 29.1. The zero-order chi connectivity index (χ0) is 35.6. The van der Waals surface area contributed by atoms with Gasteiger partial charge in [-0.1, -0.05) is 13.0 Å². The third-order valence-corrected chi connectivity index (χ3v) is 9.04. The maximum absolute atomic E-state index is 14.4. The normalized spacial score (nSPS) is 20.3. The van der Waals surface area contributed by atoms with Crippen LogP contribution >= 0.6 is 0 Å². The Morgan fingerprint density at radius 2 is 1.72 bits per heavy atom. The third kappa shape index (κ3) is 9.80. The number of aliphatic hydroxyl groups excluding tert-OH is 1. The zero-order valence-corrected chi connectivity index (χ0v) is 29.6. The number of nitrogens with zero attached hydrogens (tertiary/aromatic N) is 2. The van der Waals surface area contributed by atoms with Gasteiger partial charge in [-0.05, 0) is 100 Å². The van der Waals surface area contributed by atoms with Crippen LogP contribution in [0.1, 0.15) is 56.0 Å². The molecular formula is C38H50N4O8. The lowest BCUT2D eigenvalue weighted by Crippen LogP contribution is -2.47. The maximum Gasteiger partial charge on any atom is 0.323 e. The number of rotatable bonds is 9. The highest BCUT2D eigenvalue weighted by atomic mass is 16.7. The van der Waals surface area contributed by atoms with E-state index in [1.54, 1.807) is 54.5 Å². The Morgan fingerprint density at radius 1 is 1.00 bits per heavy atom. The van der Waals surface area contributed by atoms with Crippen LogP contribution in [-0.2, 0) is 11.3 Å². The fourth-order valence-electron chi connectivity index (χ4n) is 6.15. The van der Waals surface area contributed by atoms with Gasteiger partial charge in [-0.25, -0.2) is 4.79 Å². The summed E-state index contributed by atoms with van der Waals surface area (Å²) >= 11 is 0. The van der Waals surface area contributed by atoms with Gasteiger partial charge < -0.3 is 44.3 Å². The van der Waals surface area contributed by atoms with Crippen molar-refractivity contribution in [3.8, 4) is 23.0 Å². The summed E-state index contributed by atoms with van der Waals surface area (Å²) in [7, 11) is 3.63. The topological polar surface area (TPSA) is 131 Å². The number of hydrogen-bond donors (Lipinski definition) is 3. The number of nitrogens with one attached hydrogen (secondary N) is 2. The highest BCUT2D eigenvalue weighted by molar-refractivity contribution is 6.02. The van der Waals surface area contributed by atoms with E-state index in [4.69, 9.17) is 23.7 Å². The second-order valence-corrected chi connectivity index (χ2v) is 13.2. The average Bonchev–Trinajstić information content (AvgIpc) is 3.58. The minimum absolute atomic E-state index is 0.0741. The first-order valence-corrected chi connectivity index (χ1v) is 17.3. The summed E-state index contributed by atoms with van der Waals surface area (Å²) in [6.07, 6.45) is 2.21. The van der Waals surface area contributed by atoms with Crippen LogP contribution in [0.15, 0.2) is 60.7 Å². The minimum atomic E-state index is -0.481. The van der Waals surface area contributed by atoms with Gasteiger partial charge in [-0.3, -0.25) is 9.69 Å². The van der Waals surface area contributed by atoms with Crippen molar-refractivity contribution in [1.82, 2.24) is 9.80 Å². The molecule has 0 radical (unpaired) electrons. The minimum Gasteiger partial charge on any atom is -0.497 e. The van der Waals surface area contributed by atoms with Crippen molar-refractivity contribution in [2.45, 2.75) is 64.8 Å². The molecule has 12 nitrogen and oxygen atoms in total. The number of carbonyl (C=O) groups excluding carboxylic acids is 2. The molecule has 0 spiro atoms. The highest BCUT2D eigenvalue weighted by Crippen LogP contribution is 2.33. The maximum atomic E-state index is 14.4. The molecule has 0 unspecified atom stereocenters. The van der Waals surface area contributed by atoms with E-state index in [1.165, 1.54) is 0 Å². The molecule has 2 heterocycles. The molecule has 2 aliphatic rings. The van der Waals surface area contributed by atoms with E-state index in [1.807, 2.05) is 32.0 Å². The van der Waals surface area contributed by atoms with E-state index in [2.05, 4.69) is 29.5 Å². The molecule has 3 aromatic carbocycles. The van der Waals surface area contributed by atoms with Crippen LogP contribution in [0.4, 0.5) is 16.2 Å². The number of fused-ring (bicyclic) bond motifs is 2. The van der Waals surface area contributed by atoms with Gasteiger partial charge in [0.2, 0.25) is 6.79 Å². The van der Waals surface area contributed by atoms with Gasteiger partial charge in [-0.2, -0.15) is 0 Å². The summed E-state index contributed by atoms with van der Waals surface area (Å²) in [5.74, 6) is 2.24. The highest BCUT2D eigenvalue weighted by Gasteiger charge is 2.30. The Balaban J connectivity index is 1.35. The standard InChI is InChI=1S/C38H50N4O8/c1-25-20-42(26(2)23-43)37(44)32-19-30(40-38(45)39-29-10-13-31(46-5)14-11-29)12-16-33(32)50-27(3)8-6-7-17-47-36(25)22-41(4)21-28-9-15-34-35(18-28)49-24-48-34/h9-16,18-19,25-27,36,43H,6-8,17,20-24H2,1-5H3,(H2,39,40,45)/t25-,26-,27-,36-/m1/s1. The Hall–Kier alpha value is -4.52. The van der Waals surface area contributed by atoms with Crippen LogP contribution in [0.25, 0.3) is 0 Å². The predicted octanol–water partition coefficient (Wildman–Crippen LogP) is 6.00. The summed E-state index contributed by atoms with van der Waals surface area (Å²) in [6.45, 7) is 8.15. The molecule has 4 atom stereocenters. The number of hydrogen-bond acceptors (Lipinski definition) is 9. The number of ether oxygens (including phenoxy) is 5. The molecule has 0 saturated carbocycles. The Labute approximate surface area is 294 Å². The Bertz CT molecular complexity index is 1590. The number of aliphatic hydroxyl groups is 1. The molecular weight excluding hydrogens is 640 g/mol. The quantitative estimate of drug-likeness (QED) is 0.248. The van der Waals surface area contributed by atoms with Gasteiger partial charge in [0.15, 0.2) is 11.5 Å². The van der Waals surface area contributed by atoms with Crippen molar-refractivity contribution in [1.29, 1.82) is 0 Å². The molecule has 0 bridgehead atoms. The van der Waals surface area contributed by atoms with E-state index in [9.17, 15) is 14.7 Å². The summed E-state index contributed by atoms with van der Waals surface area (Å²) in [5.41, 5.74) is 2.42. The van der Waals surface area contributed by atoms with Crippen molar-refractivity contribution in [3.63, 3.8) is 0 Å². The van der Waals surface area contributed by atoms with Gasteiger partial charge in [0, 0.05) is 43.5 Å². The second kappa shape index (κ2) is 17.4. The lowest BCUT2D eigenvalue weighted by molar-refractivity contribution is -0.0177. The number of amides is 3. The third-order valence-electron chi connectivity index (χ3n) is 9.04. The van der Waals surface area contributed by atoms with Gasteiger partial charge in [0.05, 0.1) is 37.5 Å². The number of likely N-dealkylation sites (N-methyl/N-ethyl adjacent to an activating group) is 1. The Morgan fingerprint density at radius 3 is 2.48 bits per heavy atom. The molecule has 12 heteroatoms. The summed E-state index contributed by atoms with van der Waals surface area (Å²) in [6, 6.07) is 17.1. The van der Waals surface area contributed by atoms with Crippen molar-refractivity contribution in [2.75, 3.05) is 57.9 Å². The molecule has 3 N–H and O–H groups in total. The first-order valence-electron chi connectivity index (χ1n) is 17.3. The molecule has 270 valence electrons. The van der Waals surface area contributed by atoms with Crippen molar-refractivity contribution in [3.05, 3.63) is 71.8 Å². The van der Waals surface area contributed by atoms with E-state index in [-0.39, 0.29) is 37.4 Å². The Kier molecular flexibility index (Phi) is 12.8. The van der Waals surface area contributed by atoms with Crippen LogP contribution in [0.2, 0.25) is 0 Å². The predicted molar refractivity (Wildman–Crippen MR) is 191 cm³/mol. The van der Waals surface area contributed by atoms with Crippen LogP contribution in [0, 0.1) is 5.92 Å². The van der Waals surface area contributed by atoms with Crippen LogP contribution in [0.3, 0.4) is 0 Å². The fraction of sp³-hybridized carbons (Fsp3) is 0.474. The lowest BCUT2D eigenvalue weighted by atomic mass is 10.0. The molecule has 0 fully saturated rings. The molecule has 0 aromatic heterocycles. The van der Waals surface area contributed by atoms with E-state index in [0.717, 1.165) is 36.3 Å². The van der Waals surface area contributed by atoms with Crippen molar-refractivity contribution in [2.24, 2.45) is 5.92 Å². The van der Waals surface area contributed by atoms with Crippen molar-refractivity contribution < 1.29 is 38.4 Å². The monoisotopic (exact) mass is 690 g/mol.